The van der Waals surface area contributed by atoms with Crippen molar-refractivity contribution < 1.29 is 10.3 Å². The highest BCUT2D eigenvalue weighted by molar-refractivity contribution is 6.09. The molecule has 5 rings (SSSR count). The maximum absolute atomic E-state index is 11.3. The number of hydrogen-bond acceptors (Lipinski definition) is 3. The van der Waals surface area contributed by atoms with E-state index in [0.717, 1.165) is 44.3 Å². The SMILES string of the molecule is CN1c2ccccc2C(C)(O)c2cc3c4ccccc4n(O)c3cc21. The average molecular weight is 330 g/mol. The number of rotatable bonds is 0. The van der Waals surface area contributed by atoms with E-state index in [2.05, 4.69) is 4.90 Å². The third kappa shape index (κ3) is 1.69. The standard InChI is InChI=1S/C21H18N2O2/c1-21(24)15-8-4-6-10-18(15)22(2)20-12-19-14(11-16(20)21)13-7-3-5-9-17(13)23(19)25/h3-12,24-25H,1-2H3. The van der Waals surface area contributed by atoms with E-state index in [1.807, 2.05) is 74.6 Å². The Labute approximate surface area is 145 Å². The van der Waals surface area contributed by atoms with E-state index in [4.69, 9.17) is 0 Å². The first-order valence-electron chi connectivity index (χ1n) is 8.32. The summed E-state index contributed by atoms with van der Waals surface area (Å²) >= 11 is 0. The Bertz CT molecular complexity index is 1160. The molecule has 1 aromatic heterocycles. The first-order valence-corrected chi connectivity index (χ1v) is 8.32. The Kier molecular flexibility index (Phi) is 2.62. The number of aliphatic hydroxyl groups is 1. The Balaban J connectivity index is 1.92. The Hall–Kier alpha value is -2.98. The minimum atomic E-state index is -1.09. The normalized spacial score (nSPS) is 19.2. The van der Waals surface area contributed by atoms with Crippen LogP contribution >= 0.6 is 0 Å². The molecule has 2 N–H and O–H groups in total. The van der Waals surface area contributed by atoms with Crippen LogP contribution in [0, 0.1) is 0 Å². The maximum Gasteiger partial charge on any atom is 0.116 e. The van der Waals surface area contributed by atoms with Gasteiger partial charge in [-0.3, -0.25) is 0 Å². The molecule has 1 aliphatic rings. The van der Waals surface area contributed by atoms with E-state index in [1.54, 1.807) is 0 Å². The van der Waals surface area contributed by atoms with Crippen LogP contribution in [0.4, 0.5) is 11.4 Å². The fraction of sp³-hybridized carbons (Fsp3) is 0.143. The molecule has 0 bridgehead atoms. The largest absolute Gasteiger partial charge is 0.428 e. The zero-order valence-electron chi connectivity index (χ0n) is 14.1. The average Bonchev–Trinajstić information content (AvgIpc) is 2.92. The highest BCUT2D eigenvalue weighted by atomic mass is 16.5. The van der Waals surface area contributed by atoms with E-state index in [1.165, 1.54) is 4.73 Å². The highest BCUT2D eigenvalue weighted by Gasteiger charge is 2.37. The number of fused-ring (bicyclic) bond motifs is 5. The topological polar surface area (TPSA) is 48.6 Å². The molecular formula is C21H18N2O2. The zero-order valence-corrected chi connectivity index (χ0v) is 14.1. The van der Waals surface area contributed by atoms with Crippen LogP contribution in [0.2, 0.25) is 0 Å². The molecule has 1 aliphatic heterocycles. The fourth-order valence-corrected chi connectivity index (χ4v) is 4.10. The smallest absolute Gasteiger partial charge is 0.116 e. The molecule has 0 radical (unpaired) electrons. The van der Waals surface area contributed by atoms with Gasteiger partial charge in [-0.15, -0.1) is 0 Å². The van der Waals surface area contributed by atoms with Crippen LogP contribution in [-0.4, -0.2) is 22.1 Å². The second kappa shape index (κ2) is 4.55. The number of benzene rings is 3. The van der Waals surface area contributed by atoms with E-state index < -0.39 is 5.60 Å². The van der Waals surface area contributed by atoms with Crippen LogP contribution in [-0.2, 0) is 5.60 Å². The molecule has 2 heterocycles. The van der Waals surface area contributed by atoms with Crippen molar-refractivity contribution in [1.82, 2.24) is 4.73 Å². The minimum absolute atomic E-state index is 0.738. The van der Waals surface area contributed by atoms with Gasteiger partial charge in [0, 0.05) is 40.3 Å². The van der Waals surface area contributed by atoms with Crippen LogP contribution < -0.4 is 4.90 Å². The van der Waals surface area contributed by atoms with Gasteiger partial charge in [-0.2, -0.15) is 4.73 Å². The third-order valence-corrected chi connectivity index (χ3v) is 5.44. The van der Waals surface area contributed by atoms with Crippen molar-refractivity contribution in [2.24, 2.45) is 0 Å². The van der Waals surface area contributed by atoms with Crippen molar-refractivity contribution in [3.8, 4) is 0 Å². The molecule has 1 unspecified atom stereocenters. The lowest BCUT2D eigenvalue weighted by molar-refractivity contribution is 0.102. The Morgan fingerprint density at radius 1 is 0.800 bits per heavy atom. The first-order chi connectivity index (χ1) is 12.0. The molecule has 0 aliphatic carbocycles. The molecule has 3 aromatic carbocycles. The third-order valence-electron chi connectivity index (χ3n) is 5.44. The van der Waals surface area contributed by atoms with Gasteiger partial charge in [-0.1, -0.05) is 36.4 Å². The molecule has 0 fully saturated rings. The van der Waals surface area contributed by atoms with Crippen molar-refractivity contribution in [3.63, 3.8) is 0 Å². The highest BCUT2D eigenvalue weighted by Crippen LogP contribution is 2.48. The molecule has 1 atom stereocenters. The van der Waals surface area contributed by atoms with Crippen molar-refractivity contribution in [2.45, 2.75) is 12.5 Å². The quantitative estimate of drug-likeness (QED) is 0.471. The second-order valence-electron chi connectivity index (χ2n) is 6.86. The van der Waals surface area contributed by atoms with Gasteiger partial charge in [0.25, 0.3) is 0 Å². The van der Waals surface area contributed by atoms with Crippen LogP contribution in [0.3, 0.4) is 0 Å². The van der Waals surface area contributed by atoms with Crippen molar-refractivity contribution in [2.75, 3.05) is 11.9 Å². The van der Waals surface area contributed by atoms with Crippen LogP contribution in [0.5, 0.6) is 0 Å². The van der Waals surface area contributed by atoms with E-state index in [0.29, 0.717) is 0 Å². The molecule has 0 spiro atoms. The van der Waals surface area contributed by atoms with Crippen LogP contribution in [0.1, 0.15) is 18.1 Å². The number of aromatic nitrogens is 1. The molecule has 4 aromatic rings. The predicted molar refractivity (Wildman–Crippen MR) is 99.8 cm³/mol. The Morgan fingerprint density at radius 3 is 2.36 bits per heavy atom. The van der Waals surface area contributed by atoms with E-state index in [-0.39, 0.29) is 0 Å². The summed E-state index contributed by atoms with van der Waals surface area (Å²) in [6.45, 7) is 1.83. The van der Waals surface area contributed by atoms with Crippen molar-refractivity contribution in [1.29, 1.82) is 0 Å². The second-order valence-corrected chi connectivity index (χ2v) is 6.86. The molecule has 124 valence electrons. The summed E-state index contributed by atoms with van der Waals surface area (Å²) in [6, 6.07) is 19.6. The van der Waals surface area contributed by atoms with Crippen molar-refractivity contribution >= 4 is 33.2 Å². The molecule has 4 heteroatoms. The van der Waals surface area contributed by atoms with Gasteiger partial charge in [-0.05, 0) is 31.2 Å². The van der Waals surface area contributed by atoms with Crippen LogP contribution in [0.15, 0.2) is 60.7 Å². The summed E-state index contributed by atoms with van der Waals surface area (Å²) in [5.41, 5.74) is 4.01. The van der Waals surface area contributed by atoms with Gasteiger partial charge >= 0.3 is 0 Å². The summed E-state index contributed by atoms with van der Waals surface area (Å²) in [7, 11) is 1.99. The molecule has 4 nitrogen and oxygen atoms in total. The van der Waals surface area contributed by atoms with E-state index in [9.17, 15) is 10.3 Å². The van der Waals surface area contributed by atoms with Gasteiger partial charge < -0.3 is 15.2 Å². The Morgan fingerprint density at radius 2 is 1.52 bits per heavy atom. The summed E-state index contributed by atoms with van der Waals surface area (Å²) in [6.07, 6.45) is 0. The number of hydrogen-bond donors (Lipinski definition) is 2. The number of anilines is 2. The monoisotopic (exact) mass is 330 g/mol. The summed E-state index contributed by atoms with van der Waals surface area (Å²) in [4.78, 5) is 2.07. The lowest BCUT2D eigenvalue weighted by Crippen LogP contribution is -2.32. The van der Waals surface area contributed by atoms with Gasteiger partial charge in [0.2, 0.25) is 0 Å². The molecule has 25 heavy (non-hydrogen) atoms. The molecule has 0 saturated carbocycles. The van der Waals surface area contributed by atoms with Gasteiger partial charge in [0.05, 0.1) is 11.0 Å². The summed E-state index contributed by atoms with van der Waals surface area (Å²) in [5.74, 6) is 0. The van der Waals surface area contributed by atoms with Gasteiger partial charge in [0.15, 0.2) is 0 Å². The molecule has 0 saturated heterocycles. The lowest BCUT2D eigenvalue weighted by Gasteiger charge is -2.39. The first kappa shape index (κ1) is 14.4. The van der Waals surface area contributed by atoms with Crippen molar-refractivity contribution in [3.05, 3.63) is 71.8 Å². The predicted octanol–water partition coefficient (Wildman–Crippen LogP) is 4.37. The summed E-state index contributed by atoms with van der Waals surface area (Å²) < 4.78 is 1.23. The zero-order chi connectivity index (χ0) is 17.3. The van der Waals surface area contributed by atoms with Gasteiger partial charge in [-0.25, -0.2) is 0 Å². The van der Waals surface area contributed by atoms with E-state index >= 15 is 0 Å². The number of para-hydroxylation sites is 2. The van der Waals surface area contributed by atoms with Gasteiger partial charge in [0.1, 0.15) is 5.60 Å². The fourth-order valence-electron chi connectivity index (χ4n) is 4.10. The van der Waals surface area contributed by atoms with Crippen LogP contribution in [0.25, 0.3) is 21.8 Å². The summed E-state index contributed by atoms with van der Waals surface area (Å²) in [5, 5.41) is 23.8. The molecule has 0 amide bonds. The molecular weight excluding hydrogens is 312 g/mol. The maximum atomic E-state index is 11.3. The lowest BCUT2D eigenvalue weighted by atomic mass is 9.81. The minimum Gasteiger partial charge on any atom is -0.428 e. The number of nitrogens with zero attached hydrogens (tertiary/aromatic N) is 2.